The molecule has 0 unspecified atom stereocenters. The van der Waals surface area contributed by atoms with Gasteiger partial charge in [-0.05, 0) is 6.92 Å². The highest BCUT2D eigenvalue weighted by Gasteiger charge is 2.19. The van der Waals surface area contributed by atoms with Gasteiger partial charge in [-0.2, -0.15) is 5.10 Å². The lowest BCUT2D eigenvalue weighted by Crippen LogP contribution is -2.30. The number of amides is 1. The second-order valence-electron chi connectivity index (χ2n) is 5.50. The average Bonchev–Trinajstić information content (AvgIpc) is 2.64. The molecule has 0 atom stereocenters. The molecule has 0 spiro atoms. The van der Waals surface area contributed by atoms with E-state index in [1.807, 2.05) is 4.98 Å². The summed E-state index contributed by atoms with van der Waals surface area (Å²) in [4.78, 5) is 49.8. The number of benzene rings is 1. The summed E-state index contributed by atoms with van der Waals surface area (Å²) in [7, 11) is 2.65. The van der Waals surface area contributed by atoms with Crippen LogP contribution in [0.2, 0.25) is 0 Å². The van der Waals surface area contributed by atoms with Gasteiger partial charge in [0.05, 0.1) is 31.8 Å². The van der Waals surface area contributed by atoms with Crippen LogP contribution in [0, 0.1) is 17.0 Å². The third-order valence-electron chi connectivity index (χ3n) is 3.71. The Labute approximate surface area is 157 Å². The number of hydrogen-bond acceptors (Lipinski definition) is 8. The molecule has 0 radical (unpaired) electrons. The maximum Gasteiger partial charge on any atom is 0.325 e. The van der Waals surface area contributed by atoms with Crippen molar-refractivity contribution in [2.45, 2.75) is 13.3 Å². The molecule has 0 saturated carbocycles. The van der Waals surface area contributed by atoms with Gasteiger partial charge in [0.25, 0.3) is 5.56 Å². The van der Waals surface area contributed by atoms with Crippen molar-refractivity contribution in [3.8, 4) is 11.5 Å². The van der Waals surface area contributed by atoms with E-state index in [0.29, 0.717) is 0 Å². The van der Waals surface area contributed by atoms with Crippen LogP contribution >= 0.6 is 0 Å². The number of ether oxygens (including phenoxy) is 2. The van der Waals surface area contributed by atoms with E-state index in [1.54, 1.807) is 0 Å². The molecule has 28 heavy (non-hydrogen) atoms. The van der Waals surface area contributed by atoms with Gasteiger partial charge in [0.1, 0.15) is 5.75 Å². The largest absolute Gasteiger partial charge is 0.496 e. The number of nitrogens with one attached hydrogen (secondary N) is 3. The maximum absolute atomic E-state index is 12.0. The van der Waals surface area contributed by atoms with Crippen LogP contribution in [-0.4, -0.2) is 41.2 Å². The molecule has 1 aromatic heterocycles. The Morgan fingerprint density at radius 2 is 1.93 bits per heavy atom. The number of nitro groups is 1. The van der Waals surface area contributed by atoms with Gasteiger partial charge in [-0.15, -0.1) is 0 Å². The van der Waals surface area contributed by atoms with Crippen LogP contribution in [0.4, 0.5) is 5.69 Å². The molecule has 1 heterocycles. The highest BCUT2D eigenvalue weighted by atomic mass is 16.6. The molecule has 0 aliphatic rings. The van der Waals surface area contributed by atoms with Gasteiger partial charge in [-0.1, -0.05) is 0 Å². The number of hydrazone groups is 1. The lowest BCUT2D eigenvalue weighted by molar-refractivity contribution is -0.385. The third kappa shape index (κ3) is 4.60. The van der Waals surface area contributed by atoms with Crippen molar-refractivity contribution >= 4 is 17.8 Å². The summed E-state index contributed by atoms with van der Waals surface area (Å²) in [6.45, 7) is 1.49. The topological polar surface area (TPSA) is 169 Å². The number of nitro benzene ring substituents is 1. The molecule has 0 bridgehead atoms. The Morgan fingerprint density at radius 1 is 1.25 bits per heavy atom. The summed E-state index contributed by atoms with van der Waals surface area (Å²) in [5.74, 6) is -0.372. The van der Waals surface area contributed by atoms with Gasteiger partial charge < -0.3 is 14.5 Å². The molecule has 148 valence electrons. The molecular formula is C16H17N5O7. The van der Waals surface area contributed by atoms with Gasteiger partial charge in [0.15, 0.2) is 0 Å². The average molecular weight is 391 g/mol. The van der Waals surface area contributed by atoms with Crippen LogP contribution < -0.4 is 26.1 Å². The lowest BCUT2D eigenvalue weighted by atomic mass is 10.1. The zero-order chi connectivity index (χ0) is 20.8. The molecule has 0 aliphatic heterocycles. The number of methoxy groups -OCH3 is 2. The number of rotatable bonds is 7. The number of aryl methyl sites for hydroxylation is 1. The summed E-state index contributed by atoms with van der Waals surface area (Å²) in [5, 5.41) is 14.8. The monoisotopic (exact) mass is 391 g/mol. The minimum atomic E-state index is -0.673. The Balaban J connectivity index is 2.19. The van der Waals surface area contributed by atoms with Crippen LogP contribution in [0.5, 0.6) is 11.5 Å². The standard InChI is InChI=1S/C16H17N5O7/c1-8-10(15(23)19-16(24)18-8)5-14(22)20-17-7-9-4-11(21(25)26)13(28-3)6-12(9)27-2/h4,6-7H,5H2,1-3H3,(H,20,22)(H2,18,19,23,24)/b17-7-. The van der Waals surface area contributed by atoms with Crippen molar-refractivity contribution in [3.63, 3.8) is 0 Å². The molecule has 3 N–H and O–H groups in total. The molecule has 0 saturated heterocycles. The smallest absolute Gasteiger partial charge is 0.325 e. The van der Waals surface area contributed by atoms with Gasteiger partial charge in [0, 0.05) is 29.0 Å². The number of aromatic nitrogens is 2. The van der Waals surface area contributed by atoms with E-state index in [-0.39, 0.29) is 40.4 Å². The van der Waals surface area contributed by atoms with Gasteiger partial charge in [0.2, 0.25) is 11.7 Å². The quantitative estimate of drug-likeness (QED) is 0.339. The van der Waals surface area contributed by atoms with E-state index in [0.717, 1.165) is 6.21 Å². The summed E-state index contributed by atoms with van der Waals surface area (Å²) < 4.78 is 10.1. The normalized spacial score (nSPS) is 10.7. The highest BCUT2D eigenvalue weighted by Crippen LogP contribution is 2.33. The summed E-state index contributed by atoms with van der Waals surface area (Å²) >= 11 is 0. The number of aromatic amines is 2. The van der Waals surface area contributed by atoms with Crippen LogP contribution in [0.15, 0.2) is 26.8 Å². The molecule has 2 rings (SSSR count). The zero-order valence-corrected chi connectivity index (χ0v) is 15.2. The first-order valence-electron chi connectivity index (χ1n) is 7.81. The molecule has 12 nitrogen and oxygen atoms in total. The zero-order valence-electron chi connectivity index (χ0n) is 15.2. The number of H-pyrrole nitrogens is 2. The first-order valence-corrected chi connectivity index (χ1v) is 7.81. The SMILES string of the molecule is COc1cc(OC)c([N+](=O)[O-])cc1/C=N\NC(=O)Cc1c(C)[nH]c(=O)[nH]c1=O. The van der Waals surface area contributed by atoms with E-state index < -0.39 is 22.1 Å². The third-order valence-corrected chi connectivity index (χ3v) is 3.71. The van der Waals surface area contributed by atoms with Crippen molar-refractivity contribution < 1.29 is 19.2 Å². The van der Waals surface area contributed by atoms with E-state index in [9.17, 15) is 24.5 Å². The first-order chi connectivity index (χ1) is 13.3. The fourth-order valence-corrected chi connectivity index (χ4v) is 2.36. The fourth-order valence-electron chi connectivity index (χ4n) is 2.36. The van der Waals surface area contributed by atoms with Gasteiger partial charge in [-0.3, -0.25) is 24.7 Å². The van der Waals surface area contributed by atoms with E-state index in [4.69, 9.17) is 9.47 Å². The van der Waals surface area contributed by atoms with E-state index >= 15 is 0 Å². The molecule has 12 heteroatoms. The second kappa shape index (κ2) is 8.62. The Bertz CT molecular complexity index is 1050. The van der Waals surface area contributed by atoms with Crippen LogP contribution in [0.1, 0.15) is 16.8 Å². The number of nitrogens with zero attached hydrogens (tertiary/aromatic N) is 2. The van der Waals surface area contributed by atoms with Crippen LogP contribution in [-0.2, 0) is 11.2 Å². The molecular weight excluding hydrogens is 374 g/mol. The summed E-state index contributed by atoms with van der Waals surface area (Å²) in [6.07, 6.45) is 0.836. The van der Waals surface area contributed by atoms with Gasteiger partial charge in [-0.25, -0.2) is 10.2 Å². The fraction of sp³-hybridized carbons (Fsp3) is 0.250. The minimum Gasteiger partial charge on any atom is -0.496 e. The lowest BCUT2D eigenvalue weighted by Gasteiger charge is -2.08. The van der Waals surface area contributed by atoms with Gasteiger partial charge >= 0.3 is 11.4 Å². The molecule has 0 fully saturated rings. The summed E-state index contributed by atoms with van der Waals surface area (Å²) in [5.41, 5.74) is 1.15. The summed E-state index contributed by atoms with van der Waals surface area (Å²) in [6, 6.07) is 2.51. The van der Waals surface area contributed by atoms with E-state index in [2.05, 4.69) is 15.5 Å². The van der Waals surface area contributed by atoms with E-state index in [1.165, 1.54) is 33.3 Å². The predicted octanol–water partition coefficient (Wildman–Crippen LogP) is -0.0102. The van der Waals surface area contributed by atoms with Crippen LogP contribution in [0.25, 0.3) is 0 Å². The molecule has 0 aliphatic carbocycles. The second-order valence-corrected chi connectivity index (χ2v) is 5.50. The number of hydrogen-bond donors (Lipinski definition) is 3. The Morgan fingerprint density at radius 3 is 2.50 bits per heavy atom. The Kier molecular flexibility index (Phi) is 6.26. The number of carbonyl (C=O) groups is 1. The molecule has 2 aromatic rings. The van der Waals surface area contributed by atoms with Crippen molar-refractivity contribution in [2.75, 3.05) is 14.2 Å². The van der Waals surface area contributed by atoms with Crippen molar-refractivity contribution in [1.29, 1.82) is 0 Å². The van der Waals surface area contributed by atoms with Crippen LogP contribution in [0.3, 0.4) is 0 Å². The first kappa shape index (κ1) is 20.4. The van der Waals surface area contributed by atoms with Crippen molar-refractivity contribution in [2.24, 2.45) is 5.10 Å². The number of carbonyl (C=O) groups excluding carboxylic acids is 1. The molecule has 1 aromatic carbocycles. The Hall–Kier alpha value is -3.96. The predicted molar refractivity (Wildman–Crippen MR) is 98.1 cm³/mol. The highest BCUT2D eigenvalue weighted by molar-refractivity contribution is 5.87. The van der Waals surface area contributed by atoms with Crippen molar-refractivity contribution in [3.05, 3.63) is 59.9 Å². The maximum atomic E-state index is 12.0. The molecule has 1 amide bonds. The minimum absolute atomic E-state index is 0.0100. The van der Waals surface area contributed by atoms with Crippen molar-refractivity contribution in [1.82, 2.24) is 15.4 Å².